The van der Waals surface area contributed by atoms with Crippen LogP contribution in [-0.2, 0) is 0 Å². The van der Waals surface area contributed by atoms with E-state index in [1.54, 1.807) is 0 Å². The summed E-state index contributed by atoms with van der Waals surface area (Å²) in [7, 11) is 0. The van der Waals surface area contributed by atoms with Crippen molar-refractivity contribution in [1.29, 1.82) is 0 Å². The maximum Gasteiger partial charge on any atom is 0.0576 e. The second-order valence-corrected chi connectivity index (χ2v) is 13.5. The molecule has 0 aliphatic heterocycles. The van der Waals surface area contributed by atoms with Crippen LogP contribution in [0.25, 0.3) is 0 Å². The molecule has 0 bridgehead atoms. The number of hydrogen-bond acceptors (Lipinski definition) is 2. The van der Waals surface area contributed by atoms with Crippen molar-refractivity contribution < 1.29 is 10.2 Å². The minimum atomic E-state index is -0.150. The summed E-state index contributed by atoms with van der Waals surface area (Å²) in [5, 5.41) is 21.6. The van der Waals surface area contributed by atoms with Gasteiger partial charge in [0.25, 0.3) is 0 Å². The van der Waals surface area contributed by atoms with Crippen molar-refractivity contribution in [2.45, 2.75) is 114 Å². The van der Waals surface area contributed by atoms with Crippen molar-refractivity contribution in [3.63, 3.8) is 0 Å². The zero-order chi connectivity index (χ0) is 22.3. The predicted molar refractivity (Wildman–Crippen MR) is 125 cm³/mol. The van der Waals surface area contributed by atoms with Crippen LogP contribution in [0.15, 0.2) is 0 Å². The number of hydrogen-bond donors (Lipinski definition) is 2. The van der Waals surface area contributed by atoms with Crippen LogP contribution in [0.3, 0.4) is 0 Å². The third-order valence-corrected chi connectivity index (χ3v) is 8.98. The molecule has 2 aliphatic rings. The SMILES string of the molecule is CC(C)C(CC1CC(C(C)(C)C)C(O)CC1C)C1CC(C(C)(C)C)C(O)CC1C. The van der Waals surface area contributed by atoms with Crippen LogP contribution in [0.1, 0.15) is 101 Å². The van der Waals surface area contributed by atoms with Crippen LogP contribution in [0.5, 0.6) is 0 Å². The molecular weight excluding hydrogens is 356 g/mol. The topological polar surface area (TPSA) is 40.5 Å². The summed E-state index contributed by atoms with van der Waals surface area (Å²) in [6.45, 7) is 23.4. The molecule has 2 fully saturated rings. The van der Waals surface area contributed by atoms with Crippen molar-refractivity contribution in [2.24, 2.45) is 58.2 Å². The normalized spacial score (nSPS) is 40.9. The van der Waals surface area contributed by atoms with Crippen molar-refractivity contribution >= 4 is 0 Å². The molecule has 2 saturated carbocycles. The van der Waals surface area contributed by atoms with Gasteiger partial charge in [-0.05, 0) is 90.3 Å². The molecule has 2 nitrogen and oxygen atoms in total. The van der Waals surface area contributed by atoms with E-state index in [1.807, 2.05) is 0 Å². The average molecular weight is 409 g/mol. The first-order chi connectivity index (χ1) is 13.1. The van der Waals surface area contributed by atoms with Crippen LogP contribution in [-0.4, -0.2) is 22.4 Å². The van der Waals surface area contributed by atoms with Crippen LogP contribution in [0.4, 0.5) is 0 Å². The van der Waals surface area contributed by atoms with Gasteiger partial charge in [0, 0.05) is 0 Å². The van der Waals surface area contributed by atoms with Gasteiger partial charge in [0.1, 0.15) is 0 Å². The molecule has 9 atom stereocenters. The molecule has 0 amide bonds. The first-order valence-electron chi connectivity index (χ1n) is 12.5. The van der Waals surface area contributed by atoms with Crippen molar-refractivity contribution in [3.05, 3.63) is 0 Å². The highest BCUT2D eigenvalue weighted by Crippen LogP contribution is 2.51. The second kappa shape index (κ2) is 9.19. The van der Waals surface area contributed by atoms with Crippen LogP contribution in [0.2, 0.25) is 0 Å². The monoisotopic (exact) mass is 408 g/mol. The summed E-state index contributed by atoms with van der Waals surface area (Å²) in [6.07, 6.45) is 5.25. The Bertz CT molecular complexity index is 512. The average Bonchev–Trinajstić information content (AvgIpc) is 2.52. The van der Waals surface area contributed by atoms with E-state index in [1.165, 1.54) is 19.3 Å². The fraction of sp³-hybridized carbons (Fsp3) is 1.00. The van der Waals surface area contributed by atoms with Crippen LogP contribution in [0, 0.1) is 58.2 Å². The summed E-state index contributed by atoms with van der Waals surface area (Å²) >= 11 is 0. The zero-order valence-electron chi connectivity index (χ0n) is 21.2. The van der Waals surface area contributed by atoms with Crippen molar-refractivity contribution in [3.8, 4) is 0 Å². The Kier molecular flexibility index (Phi) is 7.98. The highest BCUT2D eigenvalue weighted by Gasteiger charge is 2.45. The summed E-state index contributed by atoms with van der Waals surface area (Å²) in [4.78, 5) is 0. The van der Waals surface area contributed by atoms with E-state index >= 15 is 0 Å². The molecule has 2 heteroatoms. The van der Waals surface area contributed by atoms with Gasteiger partial charge >= 0.3 is 0 Å². The highest BCUT2D eigenvalue weighted by molar-refractivity contribution is 4.95. The molecule has 0 saturated heterocycles. The molecule has 0 radical (unpaired) electrons. The fourth-order valence-electron chi connectivity index (χ4n) is 6.93. The van der Waals surface area contributed by atoms with E-state index in [9.17, 15) is 10.2 Å². The number of aliphatic hydroxyl groups is 2. The third kappa shape index (κ3) is 6.00. The van der Waals surface area contributed by atoms with Crippen molar-refractivity contribution in [2.75, 3.05) is 0 Å². The van der Waals surface area contributed by atoms with E-state index < -0.39 is 0 Å². The Morgan fingerprint density at radius 3 is 1.62 bits per heavy atom. The molecule has 9 unspecified atom stereocenters. The number of aliphatic hydroxyl groups excluding tert-OH is 2. The Hall–Kier alpha value is -0.0800. The summed E-state index contributed by atoms with van der Waals surface area (Å²) in [5.41, 5.74) is 0.337. The first-order valence-corrected chi connectivity index (χ1v) is 12.5. The molecule has 2 rings (SSSR count). The van der Waals surface area contributed by atoms with Gasteiger partial charge in [-0.1, -0.05) is 69.2 Å². The zero-order valence-corrected chi connectivity index (χ0v) is 21.2. The quantitative estimate of drug-likeness (QED) is 0.538. The van der Waals surface area contributed by atoms with Crippen LogP contribution >= 0.6 is 0 Å². The Morgan fingerprint density at radius 1 is 0.724 bits per heavy atom. The first kappa shape index (κ1) is 25.2. The van der Waals surface area contributed by atoms with E-state index in [-0.39, 0.29) is 23.0 Å². The fourth-order valence-corrected chi connectivity index (χ4v) is 6.93. The molecule has 0 aromatic carbocycles. The van der Waals surface area contributed by atoms with Gasteiger partial charge in [-0.15, -0.1) is 0 Å². The van der Waals surface area contributed by atoms with Gasteiger partial charge in [0.05, 0.1) is 12.2 Å². The highest BCUT2D eigenvalue weighted by atomic mass is 16.3. The maximum absolute atomic E-state index is 10.8. The van der Waals surface area contributed by atoms with E-state index in [0.29, 0.717) is 47.3 Å². The van der Waals surface area contributed by atoms with Crippen molar-refractivity contribution in [1.82, 2.24) is 0 Å². The van der Waals surface area contributed by atoms with E-state index in [0.717, 1.165) is 12.8 Å². The van der Waals surface area contributed by atoms with Gasteiger partial charge < -0.3 is 10.2 Å². The smallest absolute Gasteiger partial charge is 0.0576 e. The van der Waals surface area contributed by atoms with Gasteiger partial charge in [0.15, 0.2) is 0 Å². The molecule has 172 valence electrons. The lowest BCUT2D eigenvalue weighted by atomic mass is 9.57. The number of rotatable bonds is 4. The lowest BCUT2D eigenvalue weighted by molar-refractivity contribution is -0.0641. The third-order valence-electron chi connectivity index (χ3n) is 8.98. The Labute approximate surface area is 182 Å². The molecule has 2 N–H and O–H groups in total. The van der Waals surface area contributed by atoms with Gasteiger partial charge in [-0.25, -0.2) is 0 Å². The van der Waals surface area contributed by atoms with Gasteiger partial charge in [-0.2, -0.15) is 0 Å². The lowest BCUT2D eigenvalue weighted by Gasteiger charge is -2.50. The second-order valence-electron chi connectivity index (χ2n) is 13.5. The molecule has 29 heavy (non-hydrogen) atoms. The van der Waals surface area contributed by atoms with Gasteiger partial charge in [0.2, 0.25) is 0 Å². The van der Waals surface area contributed by atoms with Crippen LogP contribution < -0.4 is 0 Å². The molecule has 0 spiro atoms. The standard InChI is InChI=1S/C27H52O2/c1-16(2)20(21-15-23(27(8,9)10)25(29)12-18(21)4)13-19-14-22(26(5,6)7)24(28)11-17(19)3/h16-25,28-29H,11-15H2,1-10H3. The molecular formula is C27H52O2. The molecule has 0 aromatic rings. The Balaban J connectivity index is 2.20. The lowest BCUT2D eigenvalue weighted by Crippen LogP contribution is -2.45. The summed E-state index contributed by atoms with van der Waals surface area (Å²) in [6, 6.07) is 0. The molecule has 2 aliphatic carbocycles. The Morgan fingerprint density at radius 2 is 1.17 bits per heavy atom. The maximum atomic E-state index is 10.8. The molecule has 0 aromatic heterocycles. The predicted octanol–water partition coefficient (Wildman–Crippen LogP) is 6.79. The van der Waals surface area contributed by atoms with E-state index in [4.69, 9.17) is 0 Å². The molecule has 0 heterocycles. The minimum absolute atomic E-state index is 0.146. The largest absolute Gasteiger partial charge is 0.393 e. The minimum Gasteiger partial charge on any atom is -0.393 e. The van der Waals surface area contributed by atoms with E-state index in [2.05, 4.69) is 69.2 Å². The van der Waals surface area contributed by atoms with Gasteiger partial charge in [-0.3, -0.25) is 0 Å². The summed E-state index contributed by atoms with van der Waals surface area (Å²) < 4.78 is 0. The summed E-state index contributed by atoms with van der Waals surface area (Å²) in [5.74, 6) is 4.81.